The van der Waals surface area contributed by atoms with E-state index in [0.29, 0.717) is 5.92 Å². The van der Waals surface area contributed by atoms with Crippen LogP contribution in [-0.2, 0) is 5.60 Å². The number of aliphatic hydroxyl groups is 1. The van der Waals surface area contributed by atoms with Crippen LogP contribution in [0.4, 0.5) is 0 Å². The molecule has 1 aromatic carbocycles. The van der Waals surface area contributed by atoms with Gasteiger partial charge in [-0.25, -0.2) is 0 Å². The molecule has 0 radical (unpaired) electrons. The van der Waals surface area contributed by atoms with E-state index < -0.39 is 5.60 Å². The Labute approximate surface area is 109 Å². The molecule has 0 spiro atoms. The van der Waals surface area contributed by atoms with E-state index in [1.165, 1.54) is 5.56 Å². The fourth-order valence-electron chi connectivity index (χ4n) is 3.68. The van der Waals surface area contributed by atoms with Gasteiger partial charge in [-0.05, 0) is 19.1 Å². The third-order valence-corrected chi connectivity index (χ3v) is 5.12. The van der Waals surface area contributed by atoms with Crippen LogP contribution >= 0.6 is 0 Å². The van der Waals surface area contributed by atoms with Gasteiger partial charge in [0.25, 0.3) is 0 Å². The zero-order chi connectivity index (χ0) is 13.0. The highest BCUT2D eigenvalue weighted by molar-refractivity contribution is 5.34. The molecule has 1 atom stereocenters. The Kier molecular flexibility index (Phi) is 2.45. The largest absolute Gasteiger partial charge is 0.375 e. The van der Waals surface area contributed by atoms with Gasteiger partial charge in [0, 0.05) is 18.8 Å². The molecule has 1 unspecified atom stereocenters. The summed E-state index contributed by atoms with van der Waals surface area (Å²) in [5.41, 5.74) is 2.41. The van der Waals surface area contributed by atoms with E-state index in [1.807, 2.05) is 0 Å². The Balaban J connectivity index is 2.08. The molecule has 2 bridgehead atoms. The summed E-state index contributed by atoms with van der Waals surface area (Å²) in [5.74, 6) is 0.340. The molecule has 3 heterocycles. The van der Waals surface area contributed by atoms with Crippen LogP contribution in [-0.4, -0.2) is 29.7 Å². The number of hydrogen-bond acceptors (Lipinski definition) is 1. The van der Waals surface area contributed by atoms with Gasteiger partial charge in [-0.1, -0.05) is 29.8 Å². The Morgan fingerprint density at radius 3 is 2.33 bits per heavy atom. The quantitative estimate of drug-likeness (QED) is 0.753. The van der Waals surface area contributed by atoms with Crippen LogP contribution in [0.3, 0.4) is 0 Å². The molecule has 96 valence electrons. The number of fused-ring (bicyclic) bond motifs is 3. The summed E-state index contributed by atoms with van der Waals surface area (Å²) < 4.78 is 0.834. The lowest BCUT2D eigenvalue weighted by Crippen LogP contribution is -2.63. The Bertz CT molecular complexity index is 482. The van der Waals surface area contributed by atoms with Crippen LogP contribution in [0.25, 0.3) is 0 Å². The van der Waals surface area contributed by atoms with Crippen molar-refractivity contribution >= 4 is 0 Å². The second-order valence-corrected chi connectivity index (χ2v) is 6.20. The monoisotopic (exact) mass is 244 g/mol. The number of rotatable bonds is 1. The van der Waals surface area contributed by atoms with Crippen molar-refractivity contribution in [3.63, 3.8) is 0 Å². The predicted molar refractivity (Wildman–Crippen MR) is 72.9 cm³/mol. The van der Waals surface area contributed by atoms with Crippen molar-refractivity contribution in [1.82, 2.24) is 0 Å². The summed E-state index contributed by atoms with van der Waals surface area (Å²) in [6.45, 7) is 8.56. The van der Waals surface area contributed by atoms with Crippen LogP contribution < -0.4 is 0 Å². The average molecular weight is 244 g/mol. The number of piperidine rings is 3. The Morgan fingerprint density at radius 2 is 1.78 bits per heavy atom. The molecule has 2 heteroatoms. The van der Waals surface area contributed by atoms with E-state index in [4.69, 9.17) is 0 Å². The van der Waals surface area contributed by atoms with Gasteiger partial charge in [0.15, 0.2) is 5.60 Å². The van der Waals surface area contributed by atoms with Gasteiger partial charge in [-0.2, -0.15) is 0 Å². The van der Waals surface area contributed by atoms with Crippen LogP contribution in [0.1, 0.15) is 24.0 Å². The topological polar surface area (TPSA) is 20.2 Å². The van der Waals surface area contributed by atoms with Crippen molar-refractivity contribution in [3.05, 3.63) is 47.7 Å². The normalized spacial score (nSPS) is 39.1. The van der Waals surface area contributed by atoms with E-state index in [9.17, 15) is 5.11 Å². The standard InChI is InChI=1S/C16H22NO/c1-12-4-6-14(7-5-12)16(18)13(2)17(3)10-8-15(16)9-11-17/h4-7,15,18H,2,8-11H2,1,3H3/q+1. The molecule has 0 aliphatic carbocycles. The highest BCUT2D eigenvalue weighted by Crippen LogP contribution is 2.51. The summed E-state index contributed by atoms with van der Waals surface area (Å²) in [4.78, 5) is 0. The second kappa shape index (κ2) is 3.69. The SMILES string of the molecule is C=C1C(O)(c2ccc(C)cc2)C2CC[N+]1(C)CC2. The molecule has 3 aliphatic rings. The molecule has 0 saturated carbocycles. The molecule has 18 heavy (non-hydrogen) atoms. The van der Waals surface area contributed by atoms with Crippen molar-refractivity contribution < 1.29 is 9.59 Å². The molecule has 0 aromatic heterocycles. The molecule has 0 amide bonds. The summed E-state index contributed by atoms with van der Waals surface area (Å²) in [5, 5.41) is 11.2. The second-order valence-electron chi connectivity index (χ2n) is 6.20. The minimum atomic E-state index is -0.820. The maximum atomic E-state index is 11.2. The van der Waals surface area contributed by atoms with Gasteiger partial charge in [-0.3, -0.25) is 4.48 Å². The van der Waals surface area contributed by atoms with Crippen molar-refractivity contribution in [2.24, 2.45) is 5.92 Å². The zero-order valence-electron chi connectivity index (χ0n) is 11.3. The first-order valence-corrected chi connectivity index (χ1v) is 6.81. The minimum Gasteiger partial charge on any atom is -0.375 e. The molecular formula is C16H22NO+. The number of benzene rings is 1. The summed E-state index contributed by atoms with van der Waals surface area (Å²) >= 11 is 0. The first-order chi connectivity index (χ1) is 8.47. The molecule has 3 saturated heterocycles. The lowest BCUT2D eigenvalue weighted by atomic mass is 9.68. The van der Waals surface area contributed by atoms with Gasteiger partial charge >= 0.3 is 0 Å². The maximum Gasteiger partial charge on any atom is 0.166 e. The number of aryl methyl sites for hydroxylation is 1. The van der Waals surface area contributed by atoms with Crippen molar-refractivity contribution in [1.29, 1.82) is 0 Å². The van der Waals surface area contributed by atoms with Crippen LogP contribution in [0.15, 0.2) is 36.5 Å². The Hall–Kier alpha value is -1.12. The number of hydrogen-bond donors (Lipinski definition) is 1. The van der Waals surface area contributed by atoms with Gasteiger partial charge in [-0.15, -0.1) is 0 Å². The number of quaternary nitrogens is 1. The van der Waals surface area contributed by atoms with E-state index in [2.05, 4.69) is 44.8 Å². The van der Waals surface area contributed by atoms with Gasteiger partial charge in [0.2, 0.25) is 0 Å². The average Bonchev–Trinajstić information content (AvgIpc) is 2.37. The summed E-state index contributed by atoms with van der Waals surface area (Å²) in [6.07, 6.45) is 2.19. The third-order valence-electron chi connectivity index (χ3n) is 5.12. The summed E-state index contributed by atoms with van der Waals surface area (Å²) in [7, 11) is 2.21. The highest BCUT2D eigenvalue weighted by Gasteiger charge is 2.57. The molecule has 3 fully saturated rings. The van der Waals surface area contributed by atoms with E-state index in [1.54, 1.807) is 0 Å². The van der Waals surface area contributed by atoms with Crippen LogP contribution in [0.2, 0.25) is 0 Å². The van der Waals surface area contributed by atoms with E-state index in [0.717, 1.165) is 41.7 Å². The first kappa shape index (κ1) is 11.9. The number of nitrogens with zero attached hydrogens (tertiary/aromatic N) is 1. The molecular weight excluding hydrogens is 222 g/mol. The lowest BCUT2D eigenvalue weighted by molar-refractivity contribution is -0.896. The molecule has 1 N–H and O–H groups in total. The number of likely N-dealkylation sites (N-methyl/N-ethyl adjacent to an activating group) is 1. The molecule has 3 aliphatic heterocycles. The molecule has 2 nitrogen and oxygen atoms in total. The predicted octanol–water partition coefficient (Wildman–Crippen LogP) is 2.57. The smallest absolute Gasteiger partial charge is 0.166 e. The van der Waals surface area contributed by atoms with E-state index >= 15 is 0 Å². The van der Waals surface area contributed by atoms with Gasteiger partial charge < -0.3 is 5.11 Å². The third kappa shape index (κ3) is 1.42. The first-order valence-electron chi connectivity index (χ1n) is 6.81. The van der Waals surface area contributed by atoms with Crippen LogP contribution in [0, 0.1) is 12.8 Å². The maximum absolute atomic E-state index is 11.2. The van der Waals surface area contributed by atoms with Gasteiger partial charge in [0.05, 0.1) is 20.1 Å². The zero-order valence-corrected chi connectivity index (χ0v) is 11.3. The van der Waals surface area contributed by atoms with Crippen LogP contribution in [0.5, 0.6) is 0 Å². The van der Waals surface area contributed by atoms with Crippen molar-refractivity contribution in [3.8, 4) is 0 Å². The van der Waals surface area contributed by atoms with E-state index in [-0.39, 0.29) is 0 Å². The molecule has 4 rings (SSSR count). The van der Waals surface area contributed by atoms with Crippen molar-refractivity contribution in [2.45, 2.75) is 25.4 Å². The fraction of sp³-hybridized carbons (Fsp3) is 0.500. The highest BCUT2D eigenvalue weighted by atomic mass is 16.3. The minimum absolute atomic E-state index is 0.340. The fourth-order valence-corrected chi connectivity index (χ4v) is 3.68. The van der Waals surface area contributed by atoms with Gasteiger partial charge in [0.1, 0.15) is 5.70 Å². The summed E-state index contributed by atoms with van der Waals surface area (Å²) in [6, 6.07) is 8.29. The Morgan fingerprint density at radius 1 is 1.22 bits per heavy atom. The lowest BCUT2D eigenvalue weighted by Gasteiger charge is -2.55. The van der Waals surface area contributed by atoms with Crippen molar-refractivity contribution in [2.75, 3.05) is 20.1 Å². The molecule has 1 aromatic rings.